The molecule has 2 aromatic heterocycles. The number of ether oxygens (including phenoxy) is 2. The van der Waals surface area contributed by atoms with Crippen LogP contribution in [-0.4, -0.2) is 63.2 Å². The van der Waals surface area contributed by atoms with Crippen molar-refractivity contribution < 1.29 is 23.9 Å². The first kappa shape index (κ1) is 37.3. The Hall–Kier alpha value is -5.43. The van der Waals surface area contributed by atoms with Gasteiger partial charge in [0.2, 0.25) is 11.8 Å². The number of carbonyl (C=O) groups excluding carboxylic acids is 3. The molecule has 2 aromatic carbocycles. The normalized spacial score (nSPS) is 16.2. The van der Waals surface area contributed by atoms with Crippen molar-refractivity contribution in [3.05, 3.63) is 96.8 Å². The maximum absolute atomic E-state index is 13.5. The van der Waals surface area contributed by atoms with Gasteiger partial charge >= 0.3 is 11.8 Å². The van der Waals surface area contributed by atoms with E-state index in [-0.39, 0.29) is 23.6 Å². The van der Waals surface area contributed by atoms with Crippen molar-refractivity contribution >= 4 is 35.2 Å². The molecule has 53 heavy (non-hydrogen) atoms. The average molecular weight is 743 g/mol. The molecule has 3 amide bonds. The zero-order valence-electron chi connectivity index (χ0n) is 30.5. The number of benzene rings is 2. The van der Waals surface area contributed by atoms with Crippen LogP contribution in [0.25, 0.3) is 22.4 Å². The van der Waals surface area contributed by atoms with Gasteiger partial charge in [-0.1, -0.05) is 55.3 Å². The third-order valence-electron chi connectivity index (χ3n) is 10.00. The number of rotatable bonds is 11. The van der Waals surface area contributed by atoms with Gasteiger partial charge in [0.25, 0.3) is 11.5 Å². The van der Waals surface area contributed by atoms with Crippen molar-refractivity contribution in [1.29, 1.82) is 0 Å². The summed E-state index contributed by atoms with van der Waals surface area (Å²) in [4.78, 5) is 70.2. The zero-order chi connectivity index (χ0) is 38.0. The first-order chi connectivity index (χ1) is 25.4. The molecule has 3 heterocycles. The van der Waals surface area contributed by atoms with E-state index in [1.807, 2.05) is 44.2 Å². The Labute approximate surface area is 311 Å². The lowest BCUT2D eigenvalue weighted by Gasteiger charge is -2.31. The standard InChI is InChI=1S/C39H43ClN6O7/c1-6-7-18-53-39(51)46(20-24-15-17-32(47)41-24)31-16-14-23-19-30(43-36(52-5)33(23)31)27-12-8-11-26(34(27)40)25-10-9-13-29(22(25)2)42-35(48)28-21-44(3)38(50)45(4)37(28)49/h8-13,19,21,24,31H,6-7,14-18,20H2,1-5H3,(H,41,47)(H,42,48)/t24-,31+/m0/s1. The molecule has 1 aliphatic heterocycles. The van der Waals surface area contributed by atoms with Gasteiger partial charge in [0, 0.05) is 61.7 Å². The predicted octanol–water partition coefficient (Wildman–Crippen LogP) is 5.54. The monoisotopic (exact) mass is 742 g/mol. The zero-order valence-corrected chi connectivity index (χ0v) is 31.2. The van der Waals surface area contributed by atoms with E-state index in [1.165, 1.54) is 24.9 Å². The van der Waals surface area contributed by atoms with Crippen LogP contribution < -0.4 is 26.6 Å². The topological polar surface area (TPSA) is 154 Å². The number of methoxy groups -OCH3 is 1. The van der Waals surface area contributed by atoms with E-state index in [1.54, 1.807) is 24.1 Å². The molecule has 6 rings (SSSR count). The van der Waals surface area contributed by atoms with E-state index in [0.29, 0.717) is 77.8 Å². The average Bonchev–Trinajstić information content (AvgIpc) is 3.77. The molecule has 0 bridgehead atoms. The molecular formula is C39H43ClN6O7. The van der Waals surface area contributed by atoms with Crippen LogP contribution in [0.15, 0.2) is 58.3 Å². The van der Waals surface area contributed by atoms with E-state index in [2.05, 4.69) is 10.6 Å². The van der Waals surface area contributed by atoms with Crippen molar-refractivity contribution in [3.63, 3.8) is 0 Å². The molecule has 2 N–H and O–H groups in total. The third kappa shape index (κ3) is 7.43. The van der Waals surface area contributed by atoms with Crippen LogP contribution in [0.4, 0.5) is 10.5 Å². The highest BCUT2D eigenvalue weighted by molar-refractivity contribution is 6.36. The lowest BCUT2D eigenvalue weighted by Crippen LogP contribution is -2.43. The summed E-state index contributed by atoms with van der Waals surface area (Å²) in [6.45, 7) is 4.51. The Morgan fingerprint density at radius 1 is 1.06 bits per heavy atom. The van der Waals surface area contributed by atoms with Crippen molar-refractivity contribution in [3.8, 4) is 28.3 Å². The minimum Gasteiger partial charge on any atom is -0.481 e. The summed E-state index contributed by atoms with van der Waals surface area (Å²) < 4.78 is 13.6. The van der Waals surface area contributed by atoms with Crippen LogP contribution in [0.3, 0.4) is 0 Å². The molecule has 278 valence electrons. The van der Waals surface area contributed by atoms with Gasteiger partial charge in [-0.05, 0) is 61.4 Å². The fraction of sp³-hybridized carbons (Fsp3) is 0.385. The minimum atomic E-state index is -0.694. The summed E-state index contributed by atoms with van der Waals surface area (Å²) in [5.41, 5.74) is 4.31. The number of aryl methyl sites for hydroxylation is 2. The van der Waals surface area contributed by atoms with E-state index in [0.717, 1.165) is 34.1 Å². The Kier molecular flexibility index (Phi) is 11.0. The quantitative estimate of drug-likeness (QED) is 0.190. The van der Waals surface area contributed by atoms with E-state index in [9.17, 15) is 24.0 Å². The number of hydrogen-bond donors (Lipinski definition) is 2. The molecular weight excluding hydrogens is 700 g/mol. The van der Waals surface area contributed by atoms with Crippen LogP contribution in [-0.2, 0) is 30.0 Å². The molecule has 2 atom stereocenters. The first-order valence-corrected chi connectivity index (χ1v) is 18.1. The van der Waals surface area contributed by atoms with E-state index < -0.39 is 23.2 Å². The molecule has 1 aliphatic carbocycles. The second-order valence-electron chi connectivity index (χ2n) is 13.5. The van der Waals surface area contributed by atoms with Gasteiger partial charge in [0.05, 0.1) is 30.5 Å². The lowest BCUT2D eigenvalue weighted by atomic mass is 9.96. The number of unbranched alkanes of at least 4 members (excludes halogenated alkanes) is 1. The largest absolute Gasteiger partial charge is 0.481 e. The number of fused-ring (bicyclic) bond motifs is 1. The van der Waals surface area contributed by atoms with Crippen molar-refractivity contribution in [2.24, 2.45) is 14.1 Å². The molecule has 1 saturated heterocycles. The molecule has 2 aliphatic rings. The van der Waals surface area contributed by atoms with Crippen molar-refractivity contribution in [1.82, 2.24) is 24.3 Å². The number of hydrogen-bond acceptors (Lipinski definition) is 8. The highest BCUT2D eigenvalue weighted by atomic mass is 35.5. The fourth-order valence-corrected chi connectivity index (χ4v) is 7.43. The number of carbonyl (C=O) groups is 3. The highest BCUT2D eigenvalue weighted by Gasteiger charge is 2.38. The number of halogens is 1. The summed E-state index contributed by atoms with van der Waals surface area (Å²) in [5, 5.41) is 6.24. The minimum absolute atomic E-state index is 0.0239. The van der Waals surface area contributed by atoms with Gasteiger partial charge in [-0.15, -0.1) is 0 Å². The maximum Gasteiger partial charge on any atom is 0.410 e. The number of anilines is 1. The predicted molar refractivity (Wildman–Crippen MR) is 201 cm³/mol. The summed E-state index contributed by atoms with van der Waals surface area (Å²) in [5.74, 6) is -0.285. The Morgan fingerprint density at radius 3 is 2.51 bits per heavy atom. The molecule has 0 saturated carbocycles. The smallest absolute Gasteiger partial charge is 0.410 e. The van der Waals surface area contributed by atoms with Gasteiger partial charge in [0.15, 0.2) is 0 Å². The molecule has 14 heteroatoms. The Morgan fingerprint density at radius 2 is 1.79 bits per heavy atom. The lowest BCUT2D eigenvalue weighted by molar-refractivity contribution is -0.119. The number of aromatic nitrogens is 3. The van der Waals surface area contributed by atoms with Crippen LogP contribution in [0.2, 0.25) is 5.02 Å². The molecule has 1 fully saturated rings. The summed E-state index contributed by atoms with van der Waals surface area (Å²) in [6.07, 6.45) is 4.82. The van der Waals surface area contributed by atoms with Crippen LogP contribution >= 0.6 is 11.6 Å². The Bertz CT molecular complexity index is 2210. The maximum atomic E-state index is 13.5. The van der Waals surface area contributed by atoms with Crippen LogP contribution in [0, 0.1) is 6.92 Å². The van der Waals surface area contributed by atoms with Gasteiger partial charge in [0.1, 0.15) is 5.56 Å². The third-order valence-corrected chi connectivity index (χ3v) is 10.4. The number of amides is 3. The molecule has 13 nitrogen and oxygen atoms in total. The van der Waals surface area contributed by atoms with Crippen LogP contribution in [0.5, 0.6) is 5.88 Å². The van der Waals surface area contributed by atoms with Crippen molar-refractivity contribution in [2.45, 2.75) is 64.5 Å². The van der Waals surface area contributed by atoms with Gasteiger partial charge in [-0.3, -0.25) is 23.9 Å². The summed E-state index contributed by atoms with van der Waals surface area (Å²) in [7, 11) is 4.35. The van der Waals surface area contributed by atoms with E-state index in [4.69, 9.17) is 26.1 Å². The molecule has 4 aromatic rings. The fourth-order valence-electron chi connectivity index (χ4n) is 7.11. The first-order valence-electron chi connectivity index (χ1n) is 17.7. The van der Waals surface area contributed by atoms with Crippen molar-refractivity contribution in [2.75, 3.05) is 25.6 Å². The van der Waals surface area contributed by atoms with E-state index >= 15 is 0 Å². The van der Waals surface area contributed by atoms with Gasteiger partial charge in [-0.25, -0.2) is 14.6 Å². The second-order valence-corrected chi connectivity index (χ2v) is 13.8. The summed E-state index contributed by atoms with van der Waals surface area (Å²) in [6, 6.07) is 12.5. The van der Waals surface area contributed by atoms with Gasteiger partial charge < -0.3 is 24.7 Å². The SMILES string of the molecule is CCCCOC(=O)N(C[C@@H]1CCC(=O)N1)[C@@H]1CCc2cc(-c3cccc(-c4cccc(NC(=O)c5cn(C)c(=O)n(C)c5=O)c4C)c3Cl)nc(OC)c21. The number of nitrogens with zero attached hydrogens (tertiary/aromatic N) is 4. The number of pyridine rings is 1. The second kappa shape index (κ2) is 15.7. The summed E-state index contributed by atoms with van der Waals surface area (Å²) >= 11 is 7.16. The highest BCUT2D eigenvalue weighted by Crippen LogP contribution is 2.45. The number of nitrogens with one attached hydrogen (secondary N) is 2. The van der Waals surface area contributed by atoms with Gasteiger partial charge in [-0.2, -0.15) is 0 Å². The molecule has 0 radical (unpaired) electrons. The Balaban J connectivity index is 1.32. The molecule has 0 unspecified atom stereocenters. The van der Waals surface area contributed by atoms with Crippen LogP contribution in [0.1, 0.15) is 72.1 Å². The molecule has 0 spiro atoms.